The molecule has 0 aromatic heterocycles. The fraction of sp³-hybridized carbons (Fsp3) is 0.429. The standard InChI is InChI=1S/C19H24.C2H6/c1-5-16-6-8-18(9-7-16)19-12-10-17(11-13-19)15(4)14(2)3;1-2/h6-15H,5H2,1-4H3;1-2H3. The molecule has 0 aliphatic heterocycles. The van der Waals surface area contributed by atoms with Gasteiger partial charge < -0.3 is 0 Å². The topological polar surface area (TPSA) is 0 Å². The third-order valence-corrected chi connectivity index (χ3v) is 4.13. The van der Waals surface area contributed by atoms with Gasteiger partial charge in [-0.25, -0.2) is 0 Å². The number of hydrogen-bond acceptors (Lipinski definition) is 0. The minimum Gasteiger partial charge on any atom is -0.0683 e. The number of rotatable bonds is 4. The Labute approximate surface area is 131 Å². The normalized spacial score (nSPS) is 11.8. The highest BCUT2D eigenvalue weighted by Crippen LogP contribution is 2.27. The van der Waals surface area contributed by atoms with E-state index in [9.17, 15) is 0 Å². The molecule has 0 radical (unpaired) electrons. The van der Waals surface area contributed by atoms with Crippen molar-refractivity contribution in [2.24, 2.45) is 5.92 Å². The van der Waals surface area contributed by atoms with Crippen LogP contribution in [0.2, 0.25) is 0 Å². The van der Waals surface area contributed by atoms with Crippen molar-refractivity contribution in [3.63, 3.8) is 0 Å². The molecule has 114 valence electrons. The summed E-state index contributed by atoms with van der Waals surface area (Å²) in [7, 11) is 0. The molecular formula is C21H30. The van der Waals surface area contributed by atoms with Gasteiger partial charge in [-0.1, -0.05) is 90.1 Å². The molecule has 1 atom stereocenters. The van der Waals surface area contributed by atoms with Crippen molar-refractivity contribution < 1.29 is 0 Å². The van der Waals surface area contributed by atoms with Crippen LogP contribution >= 0.6 is 0 Å². The molecule has 0 bridgehead atoms. The molecule has 0 N–H and O–H groups in total. The van der Waals surface area contributed by atoms with E-state index in [-0.39, 0.29) is 0 Å². The van der Waals surface area contributed by atoms with Crippen molar-refractivity contribution in [1.82, 2.24) is 0 Å². The quantitative estimate of drug-likeness (QED) is 0.585. The van der Waals surface area contributed by atoms with E-state index >= 15 is 0 Å². The van der Waals surface area contributed by atoms with Crippen LogP contribution in [-0.4, -0.2) is 0 Å². The second kappa shape index (κ2) is 8.67. The van der Waals surface area contributed by atoms with Crippen molar-refractivity contribution in [3.05, 3.63) is 59.7 Å². The molecule has 0 saturated carbocycles. The molecule has 21 heavy (non-hydrogen) atoms. The highest BCUT2D eigenvalue weighted by molar-refractivity contribution is 5.64. The van der Waals surface area contributed by atoms with Gasteiger partial charge in [0.2, 0.25) is 0 Å². The highest BCUT2D eigenvalue weighted by Gasteiger charge is 2.09. The molecule has 0 heterocycles. The van der Waals surface area contributed by atoms with E-state index in [0.29, 0.717) is 11.8 Å². The predicted molar refractivity (Wildman–Crippen MR) is 95.9 cm³/mol. The monoisotopic (exact) mass is 282 g/mol. The molecule has 2 aromatic carbocycles. The number of aryl methyl sites for hydroxylation is 1. The molecule has 1 unspecified atom stereocenters. The van der Waals surface area contributed by atoms with Gasteiger partial charge in [-0.15, -0.1) is 0 Å². The van der Waals surface area contributed by atoms with Gasteiger partial charge in [-0.2, -0.15) is 0 Å². The Morgan fingerprint density at radius 3 is 1.52 bits per heavy atom. The van der Waals surface area contributed by atoms with E-state index in [2.05, 4.69) is 76.2 Å². The molecule has 0 heteroatoms. The Kier molecular flexibility index (Phi) is 7.22. The largest absolute Gasteiger partial charge is 0.0683 e. The van der Waals surface area contributed by atoms with E-state index in [0.717, 1.165) is 6.42 Å². The average Bonchev–Trinajstić information content (AvgIpc) is 2.56. The molecule has 2 rings (SSSR count). The van der Waals surface area contributed by atoms with Crippen molar-refractivity contribution in [2.75, 3.05) is 0 Å². The van der Waals surface area contributed by atoms with Crippen LogP contribution in [0.4, 0.5) is 0 Å². The third-order valence-electron chi connectivity index (χ3n) is 4.13. The average molecular weight is 282 g/mol. The lowest BCUT2D eigenvalue weighted by molar-refractivity contribution is 0.535. The third kappa shape index (κ3) is 4.74. The van der Waals surface area contributed by atoms with Gasteiger partial charge in [-0.05, 0) is 40.5 Å². The van der Waals surface area contributed by atoms with Gasteiger partial charge in [0.15, 0.2) is 0 Å². The maximum atomic E-state index is 2.30. The zero-order valence-electron chi connectivity index (χ0n) is 14.5. The van der Waals surface area contributed by atoms with Gasteiger partial charge in [-0.3, -0.25) is 0 Å². The Hall–Kier alpha value is -1.56. The van der Waals surface area contributed by atoms with Crippen LogP contribution in [0.3, 0.4) is 0 Å². The molecule has 0 aliphatic rings. The number of benzene rings is 2. The molecule has 0 amide bonds. The first-order chi connectivity index (χ1) is 10.1. The maximum Gasteiger partial charge on any atom is -0.0167 e. The van der Waals surface area contributed by atoms with Crippen LogP contribution in [0.5, 0.6) is 0 Å². The van der Waals surface area contributed by atoms with Gasteiger partial charge in [0.1, 0.15) is 0 Å². The molecule has 0 fully saturated rings. The van der Waals surface area contributed by atoms with Crippen molar-refractivity contribution >= 4 is 0 Å². The lowest BCUT2D eigenvalue weighted by Crippen LogP contribution is -2.01. The smallest absolute Gasteiger partial charge is 0.0167 e. The molecule has 2 aromatic rings. The summed E-state index contributed by atoms with van der Waals surface area (Å²) in [6, 6.07) is 17.9. The zero-order valence-corrected chi connectivity index (χ0v) is 14.5. The maximum absolute atomic E-state index is 2.30. The Balaban J connectivity index is 0.00000106. The highest BCUT2D eigenvalue weighted by atomic mass is 14.1. The summed E-state index contributed by atoms with van der Waals surface area (Å²) in [6.45, 7) is 13.1. The lowest BCUT2D eigenvalue weighted by Gasteiger charge is -2.16. The second-order valence-corrected chi connectivity index (χ2v) is 5.71. The summed E-state index contributed by atoms with van der Waals surface area (Å²) in [5, 5.41) is 0. The van der Waals surface area contributed by atoms with E-state index < -0.39 is 0 Å². The first kappa shape index (κ1) is 17.5. The minimum atomic E-state index is 0.622. The zero-order chi connectivity index (χ0) is 15.8. The fourth-order valence-corrected chi connectivity index (χ4v) is 2.30. The van der Waals surface area contributed by atoms with E-state index in [1.165, 1.54) is 22.3 Å². The summed E-state index contributed by atoms with van der Waals surface area (Å²) in [5.41, 5.74) is 5.45. The number of hydrogen-bond donors (Lipinski definition) is 0. The molecule has 0 nitrogen and oxygen atoms in total. The summed E-state index contributed by atoms with van der Waals surface area (Å²) in [6.07, 6.45) is 1.10. The molecule has 0 spiro atoms. The van der Waals surface area contributed by atoms with E-state index in [1.54, 1.807) is 0 Å². The SMILES string of the molecule is CC.CCc1ccc(-c2ccc(C(C)C(C)C)cc2)cc1. The predicted octanol–water partition coefficient (Wildman–Crippen LogP) is 6.70. The Morgan fingerprint density at radius 2 is 1.14 bits per heavy atom. The first-order valence-electron chi connectivity index (χ1n) is 8.31. The van der Waals surface area contributed by atoms with Crippen LogP contribution in [0.25, 0.3) is 11.1 Å². The summed E-state index contributed by atoms with van der Waals surface area (Å²) in [5.74, 6) is 1.31. The Bertz CT molecular complexity index is 503. The van der Waals surface area contributed by atoms with E-state index in [1.807, 2.05) is 13.8 Å². The van der Waals surface area contributed by atoms with Crippen molar-refractivity contribution in [1.29, 1.82) is 0 Å². The van der Waals surface area contributed by atoms with Crippen molar-refractivity contribution in [3.8, 4) is 11.1 Å². The van der Waals surface area contributed by atoms with Crippen LogP contribution in [0.15, 0.2) is 48.5 Å². The molecule has 0 saturated heterocycles. The first-order valence-corrected chi connectivity index (χ1v) is 8.31. The molecule has 0 aliphatic carbocycles. The second-order valence-electron chi connectivity index (χ2n) is 5.71. The van der Waals surface area contributed by atoms with Gasteiger partial charge in [0.05, 0.1) is 0 Å². The fourth-order valence-electron chi connectivity index (χ4n) is 2.30. The van der Waals surface area contributed by atoms with Gasteiger partial charge in [0.25, 0.3) is 0 Å². The van der Waals surface area contributed by atoms with E-state index in [4.69, 9.17) is 0 Å². The minimum absolute atomic E-state index is 0.622. The van der Waals surface area contributed by atoms with Gasteiger partial charge in [0, 0.05) is 0 Å². The summed E-state index contributed by atoms with van der Waals surface area (Å²) < 4.78 is 0. The van der Waals surface area contributed by atoms with Crippen LogP contribution in [0.1, 0.15) is 58.6 Å². The van der Waals surface area contributed by atoms with Crippen LogP contribution < -0.4 is 0 Å². The molecular weight excluding hydrogens is 252 g/mol. The Morgan fingerprint density at radius 1 is 0.714 bits per heavy atom. The lowest BCUT2D eigenvalue weighted by atomic mass is 9.89. The summed E-state index contributed by atoms with van der Waals surface area (Å²) in [4.78, 5) is 0. The van der Waals surface area contributed by atoms with Crippen LogP contribution in [0, 0.1) is 5.92 Å². The summed E-state index contributed by atoms with van der Waals surface area (Å²) >= 11 is 0. The van der Waals surface area contributed by atoms with Crippen LogP contribution in [-0.2, 0) is 6.42 Å². The van der Waals surface area contributed by atoms with Gasteiger partial charge >= 0.3 is 0 Å². The van der Waals surface area contributed by atoms with Crippen molar-refractivity contribution in [2.45, 2.75) is 53.9 Å².